The predicted octanol–water partition coefficient (Wildman–Crippen LogP) is 0.357. The second-order valence-electron chi connectivity index (χ2n) is 1.88. The number of imidazole rings is 1. The number of H-pyrrole nitrogens is 1. The van der Waals surface area contributed by atoms with Crippen LogP contribution in [0.2, 0.25) is 0 Å². The number of nitrogens with one attached hydrogen (secondary N) is 1. The summed E-state index contributed by atoms with van der Waals surface area (Å²) in [4.78, 5) is 6.41. The molecule has 0 radical (unpaired) electrons. The van der Waals surface area contributed by atoms with Gasteiger partial charge < -0.3 is 10.1 Å². The van der Waals surface area contributed by atoms with Gasteiger partial charge in [0.2, 0.25) is 0 Å². The Morgan fingerprint density at radius 3 is 3.20 bits per heavy atom. The fourth-order valence-corrected chi connectivity index (χ4v) is 0.645. The van der Waals surface area contributed by atoms with Gasteiger partial charge in [0.15, 0.2) is 0 Å². The fourth-order valence-electron chi connectivity index (χ4n) is 0.645. The molecule has 1 unspecified atom stereocenters. The van der Waals surface area contributed by atoms with Gasteiger partial charge in [0, 0.05) is 0 Å². The standard InChI is InChI=1S/C6H7N3O/c7-2-1-6(10)5-3-8-4-9-5/h3-4,6,10H,1H2,(H,8,9). The molecule has 4 heteroatoms. The maximum absolute atomic E-state index is 9.12. The molecule has 0 amide bonds. The molecule has 0 aromatic carbocycles. The number of aromatic amines is 1. The van der Waals surface area contributed by atoms with Gasteiger partial charge in [0.05, 0.1) is 30.7 Å². The van der Waals surface area contributed by atoms with E-state index in [2.05, 4.69) is 9.97 Å². The van der Waals surface area contributed by atoms with Crippen molar-refractivity contribution in [2.75, 3.05) is 0 Å². The number of hydrogen-bond acceptors (Lipinski definition) is 3. The zero-order chi connectivity index (χ0) is 7.40. The van der Waals surface area contributed by atoms with E-state index in [1.165, 1.54) is 12.5 Å². The molecular formula is C6H7N3O. The van der Waals surface area contributed by atoms with E-state index in [0.717, 1.165) is 0 Å². The van der Waals surface area contributed by atoms with Gasteiger partial charge in [-0.15, -0.1) is 0 Å². The van der Waals surface area contributed by atoms with Crippen molar-refractivity contribution >= 4 is 0 Å². The summed E-state index contributed by atoms with van der Waals surface area (Å²) in [7, 11) is 0. The monoisotopic (exact) mass is 137 g/mol. The third kappa shape index (κ3) is 1.33. The zero-order valence-corrected chi connectivity index (χ0v) is 5.28. The summed E-state index contributed by atoms with van der Waals surface area (Å²) in [5.41, 5.74) is 0.585. The molecule has 1 rings (SSSR count). The van der Waals surface area contributed by atoms with Gasteiger partial charge in [-0.25, -0.2) is 4.98 Å². The molecule has 0 fully saturated rings. The Hall–Kier alpha value is -1.34. The highest BCUT2D eigenvalue weighted by molar-refractivity contribution is 5.01. The first-order valence-corrected chi connectivity index (χ1v) is 2.88. The number of aromatic nitrogens is 2. The van der Waals surface area contributed by atoms with Crippen LogP contribution >= 0.6 is 0 Å². The molecule has 0 saturated carbocycles. The van der Waals surface area contributed by atoms with Crippen molar-refractivity contribution in [1.82, 2.24) is 9.97 Å². The van der Waals surface area contributed by atoms with E-state index in [-0.39, 0.29) is 6.42 Å². The molecule has 0 aliphatic heterocycles. The summed E-state index contributed by atoms with van der Waals surface area (Å²) >= 11 is 0. The molecule has 0 saturated heterocycles. The lowest BCUT2D eigenvalue weighted by Gasteiger charge is -1.99. The van der Waals surface area contributed by atoms with E-state index in [9.17, 15) is 0 Å². The largest absolute Gasteiger partial charge is 0.386 e. The maximum atomic E-state index is 9.12. The molecule has 0 bridgehead atoms. The minimum absolute atomic E-state index is 0.0994. The molecule has 52 valence electrons. The Bertz CT molecular complexity index is 224. The van der Waals surface area contributed by atoms with Gasteiger partial charge in [-0.2, -0.15) is 5.26 Å². The van der Waals surface area contributed by atoms with Gasteiger partial charge in [0.25, 0.3) is 0 Å². The third-order valence-electron chi connectivity index (χ3n) is 1.16. The van der Waals surface area contributed by atoms with Crippen molar-refractivity contribution in [3.63, 3.8) is 0 Å². The first-order chi connectivity index (χ1) is 4.84. The van der Waals surface area contributed by atoms with Crippen LogP contribution in [0.25, 0.3) is 0 Å². The summed E-state index contributed by atoms with van der Waals surface area (Å²) in [6.07, 6.45) is 2.34. The summed E-state index contributed by atoms with van der Waals surface area (Å²) in [5, 5.41) is 17.3. The highest BCUT2D eigenvalue weighted by Gasteiger charge is 2.06. The van der Waals surface area contributed by atoms with E-state index < -0.39 is 6.10 Å². The average molecular weight is 137 g/mol. The number of nitriles is 1. The summed E-state index contributed by atoms with van der Waals surface area (Å²) in [6, 6.07) is 1.86. The number of nitrogens with zero attached hydrogens (tertiary/aromatic N) is 2. The van der Waals surface area contributed by atoms with Crippen molar-refractivity contribution < 1.29 is 5.11 Å². The lowest BCUT2D eigenvalue weighted by molar-refractivity contribution is 0.179. The van der Waals surface area contributed by atoms with Crippen LogP contribution in [0.4, 0.5) is 0 Å². The Morgan fingerprint density at radius 2 is 2.70 bits per heavy atom. The first kappa shape index (κ1) is 6.78. The quantitative estimate of drug-likeness (QED) is 0.618. The van der Waals surface area contributed by atoms with Crippen LogP contribution in [0.15, 0.2) is 12.5 Å². The van der Waals surface area contributed by atoms with Crippen molar-refractivity contribution in [3.8, 4) is 6.07 Å². The highest BCUT2D eigenvalue weighted by atomic mass is 16.3. The molecule has 0 aliphatic carbocycles. The summed E-state index contributed by atoms with van der Waals surface area (Å²) in [5.74, 6) is 0. The fraction of sp³-hybridized carbons (Fsp3) is 0.333. The Balaban J connectivity index is 2.61. The predicted molar refractivity (Wildman–Crippen MR) is 33.8 cm³/mol. The normalized spacial score (nSPS) is 12.4. The van der Waals surface area contributed by atoms with Crippen molar-refractivity contribution in [2.24, 2.45) is 0 Å². The van der Waals surface area contributed by atoms with Crippen LogP contribution in [-0.2, 0) is 0 Å². The number of hydrogen-bond donors (Lipinski definition) is 2. The van der Waals surface area contributed by atoms with E-state index >= 15 is 0 Å². The summed E-state index contributed by atoms with van der Waals surface area (Å²) < 4.78 is 0. The van der Waals surface area contributed by atoms with Crippen LogP contribution < -0.4 is 0 Å². The number of aliphatic hydroxyl groups excluding tert-OH is 1. The third-order valence-corrected chi connectivity index (χ3v) is 1.16. The number of rotatable bonds is 2. The van der Waals surface area contributed by atoms with Gasteiger partial charge >= 0.3 is 0 Å². The van der Waals surface area contributed by atoms with Crippen molar-refractivity contribution in [2.45, 2.75) is 12.5 Å². The van der Waals surface area contributed by atoms with Crippen molar-refractivity contribution in [1.29, 1.82) is 5.26 Å². The van der Waals surface area contributed by atoms with Crippen molar-refractivity contribution in [3.05, 3.63) is 18.2 Å². The molecule has 4 nitrogen and oxygen atoms in total. The molecule has 1 atom stereocenters. The number of aliphatic hydroxyl groups is 1. The average Bonchev–Trinajstić information content (AvgIpc) is 2.38. The maximum Gasteiger partial charge on any atom is 0.108 e. The van der Waals surface area contributed by atoms with Crippen LogP contribution in [0, 0.1) is 11.3 Å². The topological polar surface area (TPSA) is 72.7 Å². The lowest BCUT2D eigenvalue weighted by Crippen LogP contribution is -1.94. The molecule has 0 aliphatic rings. The molecule has 2 N–H and O–H groups in total. The Morgan fingerprint density at radius 1 is 1.90 bits per heavy atom. The van der Waals surface area contributed by atoms with Gasteiger partial charge in [-0.05, 0) is 0 Å². The Kier molecular flexibility index (Phi) is 2.03. The molecule has 0 spiro atoms. The van der Waals surface area contributed by atoms with Gasteiger partial charge in [0.1, 0.15) is 6.10 Å². The molecule has 10 heavy (non-hydrogen) atoms. The lowest BCUT2D eigenvalue weighted by atomic mass is 10.2. The minimum atomic E-state index is -0.729. The van der Waals surface area contributed by atoms with E-state index in [1.807, 2.05) is 6.07 Å². The van der Waals surface area contributed by atoms with Crippen LogP contribution in [0.3, 0.4) is 0 Å². The molecule has 1 heterocycles. The molecular weight excluding hydrogens is 130 g/mol. The van der Waals surface area contributed by atoms with E-state index in [1.54, 1.807) is 0 Å². The Labute approximate surface area is 58.1 Å². The second-order valence-corrected chi connectivity index (χ2v) is 1.88. The zero-order valence-electron chi connectivity index (χ0n) is 5.28. The van der Waals surface area contributed by atoms with Gasteiger partial charge in [-0.1, -0.05) is 0 Å². The summed E-state index contributed by atoms with van der Waals surface area (Å²) in [6.45, 7) is 0. The van der Waals surface area contributed by atoms with E-state index in [4.69, 9.17) is 10.4 Å². The van der Waals surface area contributed by atoms with E-state index in [0.29, 0.717) is 5.69 Å². The van der Waals surface area contributed by atoms with Crippen LogP contribution in [0.1, 0.15) is 18.2 Å². The first-order valence-electron chi connectivity index (χ1n) is 2.88. The smallest absolute Gasteiger partial charge is 0.108 e. The minimum Gasteiger partial charge on any atom is -0.386 e. The highest BCUT2D eigenvalue weighted by Crippen LogP contribution is 2.10. The van der Waals surface area contributed by atoms with Gasteiger partial charge in [-0.3, -0.25) is 0 Å². The molecule has 1 aromatic heterocycles. The SMILES string of the molecule is N#CCC(O)c1cnc[nH]1. The molecule has 1 aromatic rings. The van der Waals surface area contributed by atoms with Crippen LogP contribution in [-0.4, -0.2) is 15.1 Å². The van der Waals surface area contributed by atoms with Crippen LogP contribution in [0.5, 0.6) is 0 Å². The second kappa shape index (κ2) is 2.99.